The predicted octanol–water partition coefficient (Wildman–Crippen LogP) is -0.226. The van der Waals surface area contributed by atoms with E-state index in [-0.39, 0.29) is 17.9 Å². The van der Waals surface area contributed by atoms with Crippen LogP contribution >= 0.6 is 0 Å². The number of amides is 7. The van der Waals surface area contributed by atoms with Crippen LogP contribution in [0.1, 0.15) is 84.0 Å². The molecule has 7 rings (SSSR count). The number of benzene rings is 4. The second kappa shape index (κ2) is 29.8. The maximum Gasteiger partial charge on any atom is 0.248 e. The summed E-state index contributed by atoms with van der Waals surface area (Å²) in [5, 5.41) is 108. The summed E-state index contributed by atoms with van der Waals surface area (Å²) < 4.78 is 5.79. The zero-order valence-electron chi connectivity index (χ0n) is 47.7. The van der Waals surface area contributed by atoms with Crippen molar-refractivity contribution in [1.82, 2.24) is 36.4 Å². The number of ether oxygens (including phenoxy) is 1. The molecule has 0 radical (unpaired) electrons. The molecule has 0 unspecified atom stereocenters. The van der Waals surface area contributed by atoms with Gasteiger partial charge in [0.2, 0.25) is 41.4 Å². The number of carbonyl (C=O) groups is 7. The van der Waals surface area contributed by atoms with Crippen LogP contribution in [0.15, 0.2) is 97.1 Å². The third-order valence-corrected chi connectivity index (χ3v) is 15.0. The minimum absolute atomic E-state index is 0.0646. The molecule has 15 atom stereocenters. The van der Waals surface area contributed by atoms with Gasteiger partial charge in [-0.3, -0.25) is 33.6 Å². The van der Waals surface area contributed by atoms with E-state index in [2.05, 4.69) is 108 Å². The fraction of sp³-hybridized carbons (Fsp3) is 0.483. The first-order valence-electron chi connectivity index (χ1n) is 28.0. The fourth-order valence-corrected chi connectivity index (χ4v) is 10.2. The molecule has 4 aromatic rings. The lowest BCUT2D eigenvalue weighted by Crippen LogP contribution is -2.64. The van der Waals surface area contributed by atoms with Crippen LogP contribution in [0.2, 0.25) is 0 Å². The van der Waals surface area contributed by atoms with Gasteiger partial charge in [0.05, 0.1) is 31.0 Å². The average Bonchev–Trinajstić information content (AvgIpc) is 3.00. The van der Waals surface area contributed by atoms with E-state index in [1.54, 1.807) is 0 Å². The molecule has 14 N–H and O–H groups in total. The summed E-state index contributed by atoms with van der Waals surface area (Å²) in [4.78, 5) is 96.9. The number of nitrogens with zero attached hydrogens (tertiary/aromatic N) is 2. The largest absolute Gasteiger partial charge is 0.508 e. The van der Waals surface area contributed by atoms with Crippen LogP contribution in [-0.4, -0.2) is 196 Å². The van der Waals surface area contributed by atoms with E-state index in [9.17, 15) is 79.5 Å². The predicted molar refractivity (Wildman–Crippen MR) is 304 cm³/mol. The molecule has 0 aliphatic carbocycles. The van der Waals surface area contributed by atoms with E-state index in [0.29, 0.717) is 0 Å². The van der Waals surface area contributed by atoms with Crippen molar-refractivity contribution in [2.24, 2.45) is 5.92 Å². The second-order valence-electron chi connectivity index (χ2n) is 21.8. The Morgan fingerprint density at radius 2 is 1.15 bits per heavy atom. The zero-order chi connectivity index (χ0) is 61.7. The molecule has 0 aromatic heterocycles. The molecular formula is C60H79N7O17. The highest BCUT2D eigenvalue weighted by molar-refractivity contribution is 5.98. The fourth-order valence-electron chi connectivity index (χ4n) is 10.2. The topological polar surface area (TPSA) is 377 Å². The van der Waals surface area contributed by atoms with Crippen LogP contribution in [0, 0.1) is 12.8 Å². The highest BCUT2D eigenvalue weighted by atomic mass is 16.5. The van der Waals surface area contributed by atoms with E-state index in [1.807, 2.05) is 5.32 Å². The number of phenols is 1. The molecule has 7 amide bonds. The summed E-state index contributed by atoms with van der Waals surface area (Å²) in [6.07, 6.45) is -12.7. The Kier molecular flexibility index (Phi) is 23.3. The van der Waals surface area contributed by atoms with Crippen molar-refractivity contribution in [3.05, 3.63) is 108 Å². The second-order valence-corrected chi connectivity index (χ2v) is 21.8. The Morgan fingerprint density at radius 1 is 0.643 bits per heavy atom. The average molecular weight is 1170 g/mol. The molecule has 0 spiro atoms. The lowest BCUT2D eigenvalue weighted by atomic mass is 9.96. The van der Waals surface area contributed by atoms with E-state index >= 15 is 0 Å². The van der Waals surface area contributed by atoms with Gasteiger partial charge in [-0.05, 0) is 79.3 Å². The van der Waals surface area contributed by atoms with Crippen molar-refractivity contribution in [2.75, 3.05) is 19.7 Å². The molecule has 3 heterocycles. The monoisotopic (exact) mass is 1170 g/mol. The van der Waals surface area contributed by atoms with Crippen LogP contribution in [0.4, 0.5) is 0 Å². The van der Waals surface area contributed by atoms with Crippen LogP contribution in [0.25, 0.3) is 22.3 Å². The summed E-state index contributed by atoms with van der Waals surface area (Å²) >= 11 is 0. The molecule has 456 valence electrons. The number of carbonyl (C=O) groups excluding carboxylic acids is 7. The van der Waals surface area contributed by atoms with Crippen LogP contribution in [-0.2, 0) is 33.6 Å². The molecule has 0 saturated carbocycles. The Bertz CT molecular complexity index is 2880. The van der Waals surface area contributed by atoms with Crippen molar-refractivity contribution in [2.45, 2.75) is 159 Å². The molecule has 24 heteroatoms. The van der Waals surface area contributed by atoms with Gasteiger partial charge >= 0.3 is 0 Å². The number of aliphatic hydroxyl groups excluding tert-OH is 8. The van der Waals surface area contributed by atoms with Crippen LogP contribution < -0.4 is 31.3 Å². The number of nitrogens with one attached hydrogen (secondary N) is 5. The summed E-state index contributed by atoms with van der Waals surface area (Å²) in [7, 11) is 0. The SMILES string of the molecule is CC(=O)N[C@@H]1C[C@@H](O)[C@@H](O)NC(=O)[C@@H]2[C@@H](O)[C@@H](C)CN2C(=O)[C@H]([C@@H](C)O)NC(=O)[C@H]([C@H](O)[C@@H](O)c2ccc(O)cc2)NC(=O)[C@@H]2C[C@@H](O)CN2C(=O)[C@H]([C@@H](C)O)NC1=O.CCCCCOc1ccc(-c2ccc(-c3ccc(C)cc3)cc2)cc1. The molecule has 4 aromatic carbocycles. The minimum Gasteiger partial charge on any atom is -0.508 e. The lowest BCUT2D eigenvalue weighted by Gasteiger charge is -2.34. The molecule has 3 aliphatic heterocycles. The van der Waals surface area contributed by atoms with Gasteiger partial charge < -0.3 is 87.1 Å². The highest BCUT2D eigenvalue weighted by Crippen LogP contribution is 2.30. The molecule has 3 aliphatic rings. The van der Waals surface area contributed by atoms with Crippen molar-refractivity contribution < 1.29 is 84.3 Å². The number of fused-ring (bicyclic) bond motifs is 2. The summed E-state index contributed by atoms with van der Waals surface area (Å²) in [5.74, 6) is -8.25. The minimum atomic E-state index is -2.26. The normalized spacial score (nSPS) is 27.0. The van der Waals surface area contributed by atoms with Gasteiger partial charge in [0.25, 0.3) is 0 Å². The Hall–Kier alpha value is -7.55. The molecule has 24 nitrogen and oxygen atoms in total. The maximum absolute atomic E-state index is 14.1. The van der Waals surface area contributed by atoms with Crippen LogP contribution in [0.5, 0.6) is 11.5 Å². The third-order valence-electron chi connectivity index (χ3n) is 15.0. The van der Waals surface area contributed by atoms with E-state index in [1.165, 1.54) is 59.7 Å². The van der Waals surface area contributed by atoms with Gasteiger partial charge in [-0.1, -0.05) is 105 Å². The van der Waals surface area contributed by atoms with Crippen molar-refractivity contribution >= 4 is 41.4 Å². The van der Waals surface area contributed by atoms with Gasteiger partial charge in [0.1, 0.15) is 66.1 Å². The first-order chi connectivity index (χ1) is 39.8. The maximum atomic E-state index is 14.1. The van der Waals surface area contributed by atoms with E-state index in [4.69, 9.17) is 4.74 Å². The molecular weight excluding hydrogens is 1090 g/mol. The van der Waals surface area contributed by atoms with E-state index in [0.717, 1.165) is 61.5 Å². The van der Waals surface area contributed by atoms with Crippen molar-refractivity contribution in [3.8, 4) is 33.8 Å². The standard InChI is InChI=1S/C36H53N7O16.C24H26O/c1-13-11-43-26(27(13)50)34(57)41-32(55)22(49)10-20(37-16(4)46)30(53)38-23(14(2)44)35(58)42-12-19(48)9-21(42)31(54)40-25(33(56)39-24(15(3)45)36(43)59)29(52)28(51)17-5-7-18(47)8-6-17;1-3-4-5-18-25-24-16-14-23(15-17-24)22-12-10-21(11-13-22)20-8-6-19(2)7-9-20/h5-8,13-15,19-29,32,44-45,47-52,55H,9-12H2,1-4H3,(H,37,46)(H,38,53)(H,39,56)(H,40,54)(H,41,57);6-17H,3-5,18H2,1-2H3/t13-,14+,15+,19+,20+,21-,22+,23-,24-,25-,26-,27-,28-,29-,32+;/m0./s1. The van der Waals surface area contributed by atoms with Gasteiger partial charge in [-0.2, -0.15) is 0 Å². The van der Waals surface area contributed by atoms with Gasteiger partial charge in [0.15, 0.2) is 6.23 Å². The summed E-state index contributed by atoms with van der Waals surface area (Å²) in [6, 6.07) is 19.2. The van der Waals surface area contributed by atoms with Crippen LogP contribution in [0.3, 0.4) is 0 Å². The molecule has 3 fully saturated rings. The van der Waals surface area contributed by atoms with Gasteiger partial charge in [-0.25, -0.2) is 0 Å². The molecule has 84 heavy (non-hydrogen) atoms. The van der Waals surface area contributed by atoms with Gasteiger partial charge in [0, 0.05) is 38.8 Å². The zero-order valence-corrected chi connectivity index (χ0v) is 47.7. The number of phenolic OH excluding ortho intramolecular Hbond substituents is 1. The van der Waals surface area contributed by atoms with Crippen molar-refractivity contribution in [1.29, 1.82) is 0 Å². The Morgan fingerprint density at radius 3 is 1.69 bits per heavy atom. The summed E-state index contributed by atoms with van der Waals surface area (Å²) in [5.41, 5.74) is 6.18. The number of rotatable bonds is 13. The van der Waals surface area contributed by atoms with Crippen molar-refractivity contribution in [3.63, 3.8) is 0 Å². The molecule has 0 bridgehead atoms. The number of aromatic hydroxyl groups is 1. The Labute approximate surface area is 486 Å². The first kappa shape index (κ1) is 65.6. The van der Waals surface area contributed by atoms with Gasteiger partial charge in [-0.15, -0.1) is 0 Å². The smallest absolute Gasteiger partial charge is 0.248 e. The number of unbranched alkanes of at least 4 members (excludes halogenated alkanes) is 2. The third kappa shape index (κ3) is 16.8. The summed E-state index contributed by atoms with van der Waals surface area (Å²) in [6.45, 7) is 8.87. The highest BCUT2D eigenvalue weighted by Gasteiger charge is 2.50. The quantitative estimate of drug-likeness (QED) is 0.0769. The number of aliphatic hydroxyl groups is 8. The lowest BCUT2D eigenvalue weighted by molar-refractivity contribution is -0.148. The number of hydrogen-bond donors (Lipinski definition) is 14. The Balaban J connectivity index is 0.000000373. The molecule has 3 saturated heterocycles. The number of aryl methyl sites for hydroxylation is 1. The number of hydrogen-bond acceptors (Lipinski definition) is 17. The van der Waals surface area contributed by atoms with E-state index < -0.39 is 152 Å². The first-order valence-corrected chi connectivity index (χ1v) is 28.0.